The van der Waals surface area contributed by atoms with E-state index in [0.717, 1.165) is 23.2 Å². The zero-order valence-electron chi connectivity index (χ0n) is 7.97. The maximum atomic E-state index is 4.28. The Morgan fingerprint density at radius 3 is 2.15 bits per heavy atom. The fourth-order valence-corrected chi connectivity index (χ4v) is 4.27. The highest BCUT2D eigenvalue weighted by Crippen LogP contribution is 2.61. The minimum absolute atomic E-state index is 0. The fraction of sp³-hybridized carbons (Fsp3) is 0.846. The van der Waals surface area contributed by atoms with Gasteiger partial charge in [0.1, 0.15) is 0 Å². The molecule has 0 nitrogen and oxygen atoms in total. The van der Waals surface area contributed by atoms with Crippen molar-refractivity contribution in [3.63, 3.8) is 0 Å². The molecule has 74 valence electrons. The van der Waals surface area contributed by atoms with Crippen LogP contribution in [0.5, 0.6) is 0 Å². The summed E-state index contributed by atoms with van der Waals surface area (Å²) in [5.41, 5.74) is 2.33. The summed E-state index contributed by atoms with van der Waals surface area (Å²) in [6.45, 7) is 6.79. The molecule has 0 aromatic carbocycles. The van der Waals surface area contributed by atoms with Gasteiger partial charge in [0, 0.05) is 0 Å². The molecule has 2 unspecified atom stereocenters. The van der Waals surface area contributed by atoms with Crippen molar-refractivity contribution < 1.29 is 0 Å². The van der Waals surface area contributed by atoms with Crippen molar-refractivity contribution in [1.29, 1.82) is 0 Å². The summed E-state index contributed by atoms with van der Waals surface area (Å²) in [5, 5.41) is 0. The molecule has 13 heavy (non-hydrogen) atoms. The Balaban J connectivity index is 0.000000653. The van der Waals surface area contributed by atoms with E-state index in [1.807, 2.05) is 0 Å². The van der Waals surface area contributed by atoms with Crippen molar-refractivity contribution in [2.75, 3.05) is 0 Å². The van der Waals surface area contributed by atoms with Crippen LogP contribution in [0.25, 0.3) is 0 Å². The maximum absolute atomic E-state index is 4.28. The zero-order valence-corrected chi connectivity index (χ0v) is 7.97. The Bertz CT molecular complexity index is 220. The predicted molar refractivity (Wildman–Crippen MR) is 57.5 cm³/mol. The summed E-state index contributed by atoms with van der Waals surface area (Å²) in [4.78, 5) is 0. The van der Waals surface area contributed by atoms with E-state index in [0.29, 0.717) is 0 Å². The van der Waals surface area contributed by atoms with Crippen LogP contribution >= 0.6 is 0 Å². The van der Waals surface area contributed by atoms with Gasteiger partial charge in [0.05, 0.1) is 0 Å². The molecule has 4 aliphatic carbocycles. The van der Waals surface area contributed by atoms with Crippen LogP contribution in [0.15, 0.2) is 12.2 Å². The molecule has 0 aromatic heterocycles. The standard InChI is InChI=1S/C12H18.CH4/c1-8-10-3-9-4-11(8)7-12(2,5-9)6-10;/h9-11H,1,3-7H2,2H3;1H4. The van der Waals surface area contributed by atoms with E-state index in [-0.39, 0.29) is 7.43 Å². The predicted octanol–water partition coefficient (Wildman–Crippen LogP) is 4.02. The van der Waals surface area contributed by atoms with Crippen LogP contribution in [0.4, 0.5) is 0 Å². The first kappa shape index (κ1) is 9.30. The largest absolute Gasteiger partial charge is 0.0993 e. The second kappa shape index (κ2) is 2.62. The molecule has 2 atom stereocenters. The molecule has 0 heteroatoms. The van der Waals surface area contributed by atoms with E-state index in [2.05, 4.69) is 13.5 Å². The van der Waals surface area contributed by atoms with E-state index in [1.54, 1.807) is 5.57 Å². The molecule has 0 saturated heterocycles. The second-order valence-corrected chi connectivity index (χ2v) is 5.73. The second-order valence-electron chi connectivity index (χ2n) is 5.73. The Morgan fingerprint density at radius 2 is 1.69 bits per heavy atom. The van der Waals surface area contributed by atoms with Gasteiger partial charge in [-0.3, -0.25) is 0 Å². The van der Waals surface area contributed by atoms with Crippen molar-refractivity contribution in [3.8, 4) is 0 Å². The summed E-state index contributed by atoms with van der Waals surface area (Å²) in [7, 11) is 0. The van der Waals surface area contributed by atoms with Crippen molar-refractivity contribution in [2.45, 2.75) is 46.5 Å². The molecule has 4 bridgehead atoms. The van der Waals surface area contributed by atoms with E-state index >= 15 is 0 Å². The highest BCUT2D eigenvalue weighted by atomic mass is 14.5. The van der Waals surface area contributed by atoms with Crippen LogP contribution < -0.4 is 0 Å². The first-order chi connectivity index (χ1) is 5.66. The lowest BCUT2D eigenvalue weighted by molar-refractivity contribution is -0.000344. The van der Waals surface area contributed by atoms with Crippen LogP contribution in [0.3, 0.4) is 0 Å². The highest BCUT2D eigenvalue weighted by Gasteiger charge is 2.49. The van der Waals surface area contributed by atoms with E-state index < -0.39 is 0 Å². The van der Waals surface area contributed by atoms with Gasteiger partial charge in [-0.1, -0.05) is 26.5 Å². The molecule has 4 rings (SSSR count). The average molecular weight is 178 g/mol. The fourth-order valence-electron chi connectivity index (χ4n) is 4.27. The Morgan fingerprint density at radius 1 is 1.15 bits per heavy atom. The molecule has 4 saturated carbocycles. The molecule has 0 amide bonds. The number of hydrogen-bond donors (Lipinski definition) is 0. The molecule has 4 fully saturated rings. The Kier molecular flexibility index (Phi) is 1.87. The first-order valence-corrected chi connectivity index (χ1v) is 5.35. The third-order valence-corrected chi connectivity index (χ3v) is 4.54. The minimum atomic E-state index is 0. The number of allylic oxidation sites excluding steroid dienone is 1. The van der Waals surface area contributed by atoms with Gasteiger partial charge in [-0.25, -0.2) is 0 Å². The Hall–Kier alpha value is -0.260. The minimum Gasteiger partial charge on any atom is -0.0993 e. The van der Waals surface area contributed by atoms with Crippen molar-refractivity contribution in [3.05, 3.63) is 12.2 Å². The molecular formula is C13H22. The molecule has 0 N–H and O–H groups in total. The van der Waals surface area contributed by atoms with Crippen LogP contribution in [0.2, 0.25) is 0 Å². The van der Waals surface area contributed by atoms with Gasteiger partial charge in [0.15, 0.2) is 0 Å². The Labute approximate surface area is 82.4 Å². The lowest BCUT2D eigenvalue weighted by Crippen LogP contribution is -2.45. The third-order valence-electron chi connectivity index (χ3n) is 4.54. The topological polar surface area (TPSA) is 0 Å². The van der Waals surface area contributed by atoms with Crippen molar-refractivity contribution in [1.82, 2.24) is 0 Å². The van der Waals surface area contributed by atoms with Crippen LogP contribution in [-0.2, 0) is 0 Å². The molecular weight excluding hydrogens is 156 g/mol. The molecule has 0 radical (unpaired) electrons. The van der Waals surface area contributed by atoms with E-state index in [1.165, 1.54) is 32.1 Å². The summed E-state index contributed by atoms with van der Waals surface area (Å²) >= 11 is 0. The monoisotopic (exact) mass is 178 g/mol. The maximum Gasteiger partial charge on any atom is -0.0195 e. The van der Waals surface area contributed by atoms with Crippen molar-refractivity contribution >= 4 is 0 Å². The molecule has 0 heterocycles. The summed E-state index contributed by atoms with van der Waals surface area (Å²) < 4.78 is 0. The van der Waals surface area contributed by atoms with Crippen molar-refractivity contribution in [2.24, 2.45) is 23.2 Å². The van der Waals surface area contributed by atoms with Gasteiger partial charge in [0.2, 0.25) is 0 Å². The normalized spacial score (nSPS) is 52.1. The summed E-state index contributed by atoms with van der Waals surface area (Å²) in [5.74, 6) is 2.90. The van der Waals surface area contributed by atoms with Gasteiger partial charge in [-0.05, 0) is 55.3 Å². The molecule has 0 aliphatic heterocycles. The van der Waals surface area contributed by atoms with Gasteiger partial charge in [-0.2, -0.15) is 0 Å². The summed E-state index contributed by atoms with van der Waals surface area (Å²) in [6, 6.07) is 0. The van der Waals surface area contributed by atoms with Crippen LogP contribution in [0, 0.1) is 23.2 Å². The lowest BCUT2D eigenvalue weighted by atomic mass is 9.49. The quantitative estimate of drug-likeness (QED) is 0.491. The van der Waals surface area contributed by atoms with E-state index in [4.69, 9.17) is 0 Å². The van der Waals surface area contributed by atoms with Gasteiger partial charge < -0.3 is 0 Å². The van der Waals surface area contributed by atoms with Gasteiger partial charge in [0.25, 0.3) is 0 Å². The smallest absolute Gasteiger partial charge is 0.0195 e. The van der Waals surface area contributed by atoms with E-state index in [9.17, 15) is 0 Å². The SMILES string of the molecule is C.C=C1C2CC3CC1CC(C)(C3)C2. The number of hydrogen-bond acceptors (Lipinski definition) is 0. The zero-order chi connectivity index (χ0) is 8.34. The van der Waals surface area contributed by atoms with Gasteiger partial charge in [-0.15, -0.1) is 0 Å². The number of rotatable bonds is 0. The van der Waals surface area contributed by atoms with Crippen LogP contribution in [-0.4, -0.2) is 0 Å². The first-order valence-electron chi connectivity index (χ1n) is 5.35. The molecule has 0 aromatic rings. The lowest BCUT2D eigenvalue weighted by Gasteiger charge is -2.56. The molecule has 0 spiro atoms. The average Bonchev–Trinajstić information content (AvgIpc) is 1.96. The van der Waals surface area contributed by atoms with Gasteiger partial charge >= 0.3 is 0 Å². The van der Waals surface area contributed by atoms with Crippen LogP contribution in [0.1, 0.15) is 46.5 Å². The highest BCUT2D eigenvalue weighted by molar-refractivity contribution is 5.19. The summed E-state index contributed by atoms with van der Waals surface area (Å²) in [6.07, 6.45) is 7.39. The molecule has 4 aliphatic rings. The third kappa shape index (κ3) is 1.18.